The fraction of sp³-hybridized carbons (Fsp3) is 0.185. The molecular weight excluding hydrogens is 368 g/mol. The van der Waals surface area contributed by atoms with Gasteiger partial charge in [-0.3, -0.25) is 9.78 Å². The van der Waals surface area contributed by atoms with Crippen LogP contribution in [0, 0.1) is 12.8 Å². The fourth-order valence-corrected chi connectivity index (χ4v) is 4.33. The van der Waals surface area contributed by atoms with E-state index in [4.69, 9.17) is 0 Å². The summed E-state index contributed by atoms with van der Waals surface area (Å²) in [6.07, 6.45) is 4.67. The van der Waals surface area contributed by atoms with Gasteiger partial charge in [0, 0.05) is 30.2 Å². The molecule has 0 aliphatic heterocycles. The predicted octanol–water partition coefficient (Wildman–Crippen LogP) is 5.63. The van der Waals surface area contributed by atoms with E-state index < -0.39 is 0 Å². The lowest BCUT2D eigenvalue weighted by molar-refractivity contribution is -0.122. The molecule has 3 aromatic carbocycles. The Labute approximate surface area is 176 Å². The molecule has 30 heavy (non-hydrogen) atoms. The molecule has 2 unspecified atom stereocenters. The Morgan fingerprint density at radius 2 is 1.87 bits per heavy atom. The van der Waals surface area contributed by atoms with Gasteiger partial charge < -0.3 is 5.32 Å². The van der Waals surface area contributed by atoms with Crippen LogP contribution in [0.2, 0.25) is 0 Å². The topological polar surface area (TPSA) is 42.0 Å². The summed E-state index contributed by atoms with van der Waals surface area (Å²) < 4.78 is 0. The van der Waals surface area contributed by atoms with Crippen molar-refractivity contribution >= 4 is 16.7 Å². The van der Waals surface area contributed by atoms with Crippen LogP contribution in [0.15, 0.2) is 85.2 Å². The van der Waals surface area contributed by atoms with Crippen LogP contribution in [0.4, 0.5) is 0 Å². The molecule has 0 bridgehead atoms. The molecule has 1 heterocycles. The number of fused-ring (bicyclic) bond motifs is 1. The molecule has 148 valence electrons. The number of carbonyl (C=O) groups is 1. The standard InChI is InChI=1S/C27H24N2O/c1-18-6-5-9-20(14-18)22-11-10-21(26-17-28-13-12-23(22)26)16-29-27(30)25-15-24(25)19-7-3-2-4-8-19/h2-14,17,24-25H,15-16H2,1H3,(H,29,30). The quantitative estimate of drug-likeness (QED) is 0.478. The number of rotatable bonds is 5. The van der Waals surface area contributed by atoms with Crippen molar-refractivity contribution in [2.45, 2.75) is 25.8 Å². The highest BCUT2D eigenvalue weighted by Gasteiger charge is 2.43. The summed E-state index contributed by atoms with van der Waals surface area (Å²) in [4.78, 5) is 17.0. The van der Waals surface area contributed by atoms with Crippen molar-refractivity contribution in [2.75, 3.05) is 0 Å². The number of aryl methyl sites for hydroxylation is 1. The number of nitrogens with zero attached hydrogens (tertiary/aromatic N) is 1. The summed E-state index contributed by atoms with van der Waals surface area (Å²) in [6, 6.07) is 25.2. The summed E-state index contributed by atoms with van der Waals surface area (Å²) in [7, 11) is 0. The summed E-state index contributed by atoms with van der Waals surface area (Å²) >= 11 is 0. The third-order valence-electron chi connectivity index (χ3n) is 6.05. The molecule has 1 aromatic heterocycles. The molecule has 1 saturated carbocycles. The molecule has 1 aliphatic carbocycles. The minimum atomic E-state index is 0.0864. The van der Waals surface area contributed by atoms with Gasteiger partial charge in [0.05, 0.1) is 0 Å². The lowest BCUT2D eigenvalue weighted by Gasteiger charge is -2.13. The number of benzene rings is 3. The zero-order valence-corrected chi connectivity index (χ0v) is 17.0. The van der Waals surface area contributed by atoms with Gasteiger partial charge in [-0.25, -0.2) is 0 Å². The van der Waals surface area contributed by atoms with Gasteiger partial charge in [-0.05, 0) is 53.0 Å². The Morgan fingerprint density at radius 1 is 1.00 bits per heavy atom. The van der Waals surface area contributed by atoms with Gasteiger partial charge in [0.15, 0.2) is 0 Å². The van der Waals surface area contributed by atoms with E-state index in [-0.39, 0.29) is 11.8 Å². The Morgan fingerprint density at radius 3 is 2.70 bits per heavy atom. The van der Waals surface area contributed by atoms with Gasteiger partial charge in [-0.1, -0.05) is 72.3 Å². The molecular formula is C27H24N2O. The highest BCUT2D eigenvalue weighted by atomic mass is 16.2. The van der Waals surface area contributed by atoms with Crippen LogP contribution < -0.4 is 5.32 Å². The largest absolute Gasteiger partial charge is 0.352 e. The normalized spacial score (nSPS) is 17.6. The van der Waals surface area contributed by atoms with Crippen molar-refractivity contribution in [1.29, 1.82) is 0 Å². The number of pyridine rings is 1. The molecule has 0 radical (unpaired) electrons. The van der Waals surface area contributed by atoms with Crippen molar-refractivity contribution in [1.82, 2.24) is 10.3 Å². The molecule has 0 saturated heterocycles. The van der Waals surface area contributed by atoms with Crippen molar-refractivity contribution < 1.29 is 4.79 Å². The zero-order valence-electron chi connectivity index (χ0n) is 17.0. The van der Waals surface area contributed by atoms with Crippen LogP contribution in [0.5, 0.6) is 0 Å². The average molecular weight is 393 g/mol. The number of nitrogens with one attached hydrogen (secondary N) is 1. The average Bonchev–Trinajstić information content (AvgIpc) is 3.59. The monoisotopic (exact) mass is 392 g/mol. The van der Waals surface area contributed by atoms with E-state index in [0.29, 0.717) is 12.5 Å². The van der Waals surface area contributed by atoms with Gasteiger partial charge in [0.1, 0.15) is 0 Å². The molecule has 1 fully saturated rings. The van der Waals surface area contributed by atoms with Gasteiger partial charge in [-0.15, -0.1) is 0 Å². The first kappa shape index (κ1) is 18.6. The van der Waals surface area contributed by atoms with Gasteiger partial charge in [0.25, 0.3) is 0 Å². The number of aromatic nitrogens is 1. The smallest absolute Gasteiger partial charge is 0.224 e. The second-order valence-electron chi connectivity index (χ2n) is 8.14. The van der Waals surface area contributed by atoms with Crippen molar-refractivity contribution in [3.63, 3.8) is 0 Å². The van der Waals surface area contributed by atoms with E-state index >= 15 is 0 Å². The Bertz CT molecular complexity index is 1220. The van der Waals surface area contributed by atoms with E-state index in [1.165, 1.54) is 22.3 Å². The third kappa shape index (κ3) is 3.59. The summed E-state index contributed by atoms with van der Waals surface area (Å²) in [5.74, 6) is 0.584. The van der Waals surface area contributed by atoms with E-state index in [2.05, 4.69) is 71.8 Å². The molecule has 1 N–H and O–H groups in total. The molecule has 3 nitrogen and oxygen atoms in total. The Balaban J connectivity index is 1.36. The number of amides is 1. The van der Waals surface area contributed by atoms with Crippen LogP contribution >= 0.6 is 0 Å². The lowest BCUT2D eigenvalue weighted by atomic mass is 9.95. The second-order valence-corrected chi connectivity index (χ2v) is 8.14. The third-order valence-corrected chi connectivity index (χ3v) is 6.05. The summed E-state index contributed by atoms with van der Waals surface area (Å²) in [5, 5.41) is 5.41. The number of hydrogen-bond acceptors (Lipinski definition) is 2. The molecule has 1 aliphatic rings. The maximum absolute atomic E-state index is 12.7. The maximum atomic E-state index is 12.7. The maximum Gasteiger partial charge on any atom is 0.224 e. The highest BCUT2D eigenvalue weighted by molar-refractivity contribution is 5.98. The number of carbonyl (C=O) groups excluding carboxylic acids is 1. The van der Waals surface area contributed by atoms with Gasteiger partial charge in [0.2, 0.25) is 5.91 Å². The van der Waals surface area contributed by atoms with Crippen LogP contribution in [0.1, 0.15) is 29.0 Å². The molecule has 5 rings (SSSR count). The Kier molecular flexibility index (Phi) is 4.80. The van der Waals surface area contributed by atoms with Crippen LogP contribution in [-0.2, 0) is 11.3 Å². The SMILES string of the molecule is Cc1cccc(-c2ccc(CNC(=O)C3CC3c3ccccc3)c3cnccc23)c1. The Hall–Kier alpha value is -3.46. The predicted molar refractivity (Wildman–Crippen MR) is 121 cm³/mol. The fourth-order valence-electron chi connectivity index (χ4n) is 4.33. The minimum Gasteiger partial charge on any atom is -0.352 e. The van der Waals surface area contributed by atoms with E-state index in [9.17, 15) is 4.79 Å². The highest BCUT2D eigenvalue weighted by Crippen LogP contribution is 2.47. The molecule has 1 amide bonds. The lowest BCUT2D eigenvalue weighted by Crippen LogP contribution is -2.25. The van der Waals surface area contributed by atoms with Gasteiger partial charge >= 0.3 is 0 Å². The van der Waals surface area contributed by atoms with Gasteiger partial charge in [-0.2, -0.15) is 0 Å². The van der Waals surface area contributed by atoms with E-state index in [0.717, 1.165) is 22.8 Å². The van der Waals surface area contributed by atoms with Crippen LogP contribution in [-0.4, -0.2) is 10.9 Å². The second kappa shape index (κ2) is 7.75. The van der Waals surface area contributed by atoms with Crippen LogP contribution in [0.3, 0.4) is 0 Å². The molecule has 4 aromatic rings. The molecule has 0 spiro atoms. The van der Waals surface area contributed by atoms with Crippen molar-refractivity contribution in [3.8, 4) is 11.1 Å². The van der Waals surface area contributed by atoms with E-state index in [1.54, 1.807) is 0 Å². The first-order valence-electron chi connectivity index (χ1n) is 10.5. The zero-order chi connectivity index (χ0) is 20.5. The van der Waals surface area contributed by atoms with Crippen molar-refractivity contribution in [2.24, 2.45) is 5.92 Å². The minimum absolute atomic E-state index is 0.0864. The molecule has 2 atom stereocenters. The first-order valence-corrected chi connectivity index (χ1v) is 10.5. The van der Waals surface area contributed by atoms with E-state index in [1.807, 2.05) is 30.6 Å². The van der Waals surface area contributed by atoms with Crippen LogP contribution in [0.25, 0.3) is 21.9 Å². The molecule has 3 heteroatoms. The first-order chi connectivity index (χ1) is 14.7. The van der Waals surface area contributed by atoms with Crippen molar-refractivity contribution in [3.05, 3.63) is 102 Å². The summed E-state index contributed by atoms with van der Waals surface area (Å²) in [6.45, 7) is 2.63. The summed E-state index contributed by atoms with van der Waals surface area (Å²) in [5.41, 5.74) is 5.99. The number of hydrogen-bond donors (Lipinski definition) is 1.